The van der Waals surface area contributed by atoms with Gasteiger partial charge in [-0.2, -0.15) is 4.31 Å². The van der Waals surface area contributed by atoms with E-state index in [1.807, 2.05) is 0 Å². The predicted molar refractivity (Wildman–Crippen MR) is 79.2 cm³/mol. The Morgan fingerprint density at radius 1 is 1.25 bits per heavy atom. The van der Waals surface area contributed by atoms with E-state index in [9.17, 15) is 8.42 Å². The van der Waals surface area contributed by atoms with E-state index in [1.165, 1.54) is 12.1 Å². The predicted octanol–water partition coefficient (Wildman–Crippen LogP) is 1.39. The van der Waals surface area contributed by atoms with Crippen molar-refractivity contribution in [1.29, 1.82) is 0 Å². The number of halogens is 1. The third-order valence-corrected chi connectivity index (χ3v) is 6.31. The highest BCUT2D eigenvalue weighted by atomic mass is 35.5. The van der Waals surface area contributed by atoms with Crippen molar-refractivity contribution in [2.45, 2.75) is 23.8 Å². The van der Waals surface area contributed by atoms with Crippen LogP contribution in [0.4, 0.5) is 5.69 Å². The second-order valence-corrected chi connectivity index (χ2v) is 7.72. The van der Waals surface area contributed by atoms with E-state index in [0.29, 0.717) is 24.2 Å². The fourth-order valence-electron chi connectivity index (χ4n) is 3.07. The van der Waals surface area contributed by atoms with Crippen LogP contribution in [0.25, 0.3) is 0 Å². The monoisotopic (exact) mass is 315 g/mol. The summed E-state index contributed by atoms with van der Waals surface area (Å²) in [5.74, 6) is 0. The Hall–Kier alpha value is -0.820. The summed E-state index contributed by atoms with van der Waals surface area (Å²) >= 11 is 5.83. The fraction of sp³-hybridized carbons (Fsp3) is 0.538. The van der Waals surface area contributed by atoms with E-state index in [1.54, 1.807) is 10.4 Å². The smallest absolute Gasteiger partial charge is 0.245 e. The minimum atomic E-state index is -3.53. The lowest BCUT2D eigenvalue weighted by molar-refractivity contribution is 0.158. The lowest BCUT2D eigenvalue weighted by Crippen LogP contribution is -2.51. The molecular formula is C13H18ClN3O2S. The largest absolute Gasteiger partial charge is 0.398 e. The van der Waals surface area contributed by atoms with E-state index in [-0.39, 0.29) is 10.6 Å². The number of nitrogen functional groups attached to an aromatic ring is 1. The molecule has 110 valence electrons. The molecule has 0 radical (unpaired) electrons. The van der Waals surface area contributed by atoms with Gasteiger partial charge in [0.15, 0.2) is 0 Å². The van der Waals surface area contributed by atoms with Crippen LogP contribution in [0.5, 0.6) is 0 Å². The summed E-state index contributed by atoms with van der Waals surface area (Å²) in [7, 11) is -3.53. The topological polar surface area (TPSA) is 66.6 Å². The second-order valence-electron chi connectivity index (χ2n) is 5.38. The number of nitrogens with two attached hydrogens (primary N) is 1. The molecule has 2 N–H and O–H groups in total. The number of hydrogen-bond acceptors (Lipinski definition) is 4. The molecule has 7 heteroatoms. The average Bonchev–Trinajstić information content (AvgIpc) is 2.85. The molecule has 2 aliphatic rings. The van der Waals surface area contributed by atoms with E-state index in [0.717, 1.165) is 25.9 Å². The molecule has 0 aliphatic carbocycles. The van der Waals surface area contributed by atoms with Crippen molar-refractivity contribution in [1.82, 2.24) is 9.21 Å². The Morgan fingerprint density at radius 2 is 2.05 bits per heavy atom. The highest BCUT2D eigenvalue weighted by Crippen LogP contribution is 2.29. The highest BCUT2D eigenvalue weighted by molar-refractivity contribution is 7.89. The molecule has 2 heterocycles. The van der Waals surface area contributed by atoms with Crippen molar-refractivity contribution in [3.8, 4) is 0 Å². The number of rotatable bonds is 2. The first-order valence-electron chi connectivity index (χ1n) is 6.78. The Morgan fingerprint density at radius 3 is 2.80 bits per heavy atom. The molecule has 2 fully saturated rings. The van der Waals surface area contributed by atoms with Crippen LogP contribution in [0.3, 0.4) is 0 Å². The zero-order valence-corrected chi connectivity index (χ0v) is 12.7. The van der Waals surface area contributed by atoms with Crippen molar-refractivity contribution in [2.75, 3.05) is 31.9 Å². The van der Waals surface area contributed by atoms with Crippen LogP contribution in [-0.2, 0) is 10.0 Å². The van der Waals surface area contributed by atoms with E-state index in [2.05, 4.69) is 4.90 Å². The van der Waals surface area contributed by atoms with Crippen molar-refractivity contribution >= 4 is 27.3 Å². The maximum absolute atomic E-state index is 12.7. The molecule has 1 atom stereocenters. The summed E-state index contributed by atoms with van der Waals surface area (Å²) < 4.78 is 26.9. The first-order chi connectivity index (χ1) is 9.48. The number of hydrogen-bond donors (Lipinski definition) is 1. The molecule has 0 amide bonds. The molecule has 1 aromatic carbocycles. The van der Waals surface area contributed by atoms with Crippen LogP contribution in [0.1, 0.15) is 12.8 Å². The van der Waals surface area contributed by atoms with Gasteiger partial charge in [0.2, 0.25) is 10.0 Å². The molecule has 2 aliphatic heterocycles. The third kappa shape index (κ3) is 2.41. The molecule has 3 rings (SSSR count). The van der Waals surface area contributed by atoms with Gasteiger partial charge in [0.1, 0.15) is 4.90 Å². The zero-order valence-electron chi connectivity index (χ0n) is 11.1. The highest BCUT2D eigenvalue weighted by Gasteiger charge is 2.36. The number of nitrogens with zero attached hydrogens (tertiary/aromatic N) is 2. The first-order valence-corrected chi connectivity index (χ1v) is 8.59. The summed E-state index contributed by atoms with van der Waals surface area (Å²) in [6, 6.07) is 4.90. The minimum absolute atomic E-state index is 0.161. The SMILES string of the molecule is Nc1cc(Cl)ccc1S(=O)(=O)N1CCN2CCCC2C1. The molecule has 0 bridgehead atoms. The summed E-state index contributed by atoms with van der Waals surface area (Å²) in [5, 5.41) is 0.446. The molecule has 0 spiro atoms. The summed E-state index contributed by atoms with van der Waals surface area (Å²) in [6.45, 7) is 2.98. The summed E-state index contributed by atoms with van der Waals surface area (Å²) in [4.78, 5) is 2.53. The van der Waals surface area contributed by atoms with Gasteiger partial charge in [0.05, 0.1) is 5.69 Å². The van der Waals surface area contributed by atoms with Crippen LogP contribution >= 0.6 is 11.6 Å². The molecule has 1 aromatic rings. The number of anilines is 1. The van der Waals surface area contributed by atoms with E-state index < -0.39 is 10.0 Å². The van der Waals surface area contributed by atoms with Gasteiger partial charge in [-0.25, -0.2) is 8.42 Å². The van der Waals surface area contributed by atoms with E-state index >= 15 is 0 Å². The second kappa shape index (κ2) is 5.18. The molecule has 0 aromatic heterocycles. The van der Waals surface area contributed by atoms with Gasteiger partial charge in [0.25, 0.3) is 0 Å². The van der Waals surface area contributed by atoms with Crippen LogP contribution in [0, 0.1) is 0 Å². The van der Waals surface area contributed by atoms with Gasteiger partial charge in [0, 0.05) is 30.7 Å². The number of fused-ring (bicyclic) bond motifs is 1. The zero-order chi connectivity index (χ0) is 14.3. The molecular weight excluding hydrogens is 298 g/mol. The van der Waals surface area contributed by atoms with Gasteiger partial charge in [-0.1, -0.05) is 11.6 Å². The van der Waals surface area contributed by atoms with Crippen LogP contribution in [0.15, 0.2) is 23.1 Å². The Balaban J connectivity index is 1.88. The Kier molecular flexibility index (Phi) is 3.66. The molecule has 20 heavy (non-hydrogen) atoms. The quantitative estimate of drug-likeness (QED) is 0.838. The lowest BCUT2D eigenvalue weighted by atomic mass is 10.2. The van der Waals surface area contributed by atoms with Crippen LogP contribution in [-0.4, -0.2) is 49.8 Å². The number of sulfonamides is 1. The third-order valence-electron chi connectivity index (χ3n) is 4.14. The first kappa shape index (κ1) is 14.1. The van der Waals surface area contributed by atoms with Gasteiger partial charge < -0.3 is 5.73 Å². The van der Waals surface area contributed by atoms with Crippen molar-refractivity contribution in [3.63, 3.8) is 0 Å². The van der Waals surface area contributed by atoms with Gasteiger partial charge >= 0.3 is 0 Å². The normalized spacial score (nSPS) is 24.8. The van der Waals surface area contributed by atoms with Crippen molar-refractivity contribution in [2.24, 2.45) is 0 Å². The number of piperazine rings is 1. The van der Waals surface area contributed by atoms with Gasteiger partial charge in [-0.15, -0.1) is 0 Å². The van der Waals surface area contributed by atoms with Crippen LogP contribution < -0.4 is 5.73 Å². The molecule has 1 unspecified atom stereocenters. The minimum Gasteiger partial charge on any atom is -0.398 e. The van der Waals surface area contributed by atoms with Gasteiger partial charge in [-0.3, -0.25) is 4.90 Å². The lowest BCUT2D eigenvalue weighted by Gasteiger charge is -2.36. The van der Waals surface area contributed by atoms with E-state index in [4.69, 9.17) is 17.3 Å². The van der Waals surface area contributed by atoms with Crippen molar-refractivity contribution in [3.05, 3.63) is 23.2 Å². The fourth-order valence-corrected chi connectivity index (χ4v) is 4.82. The maximum atomic E-state index is 12.7. The molecule has 2 saturated heterocycles. The average molecular weight is 316 g/mol. The Bertz CT molecular complexity index is 620. The van der Waals surface area contributed by atoms with Crippen molar-refractivity contribution < 1.29 is 8.42 Å². The summed E-state index contributed by atoms with van der Waals surface area (Å²) in [5.41, 5.74) is 6.03. The standard InChI is InChI=1S/C13H18ClN3O2S/c14-10-3-4-13(12(15)8-10)20(18,19)17-7-6-16-5-1-2-11(16)9-17/h3-4,8,11H,1-2,5-7,9,15H2. The molecule has 5 nitrogen and oxygen atoms in total. The molecule has 0 saturated carbocycles. The summed E-state index contributed by atoms with van der Waals surface area (Å²) in [6.07, 6.45) is 2.23. The number of benzene rings is 1. The van der Waals surface area contributed by atoms with Gasteiger partial charge in [-0.05, 0) is 37.6 Å². The van der Waals surface area contributed by atoms with Crippen LogP contribution in [0.2, 0.25) is 5.02 Å². The maximum Gasteiger partial charge on any atom is 0.245 e. The Labute approximate surface area is 124 Å².